The summed E-state index contributed by atoms with van der Waals surface area (Å²) in [7, 11) is -1.98. The molecule has 0 fully saturated rings. The van der Waals surface area contributed by atoms with Crippen LogP contribution < -0.4 is 4.43 Å². The second-order valence-electron chi connectivity index (χ2n) is 7.61. The van der Waals surface area contributed by atoms with Gasteiger partial charge in [-0.3, -0.25) is 4.79 Å². The first kappa shape index (κ1) is 18.7. The minimum Gasteiger partial charge on any atom is -0.543 e. The van der Waals surface area contributed by atoms with Crippen molar-refractivity contribution in [2.45, 2.75) is 75.8 Å². The molecule has 4 heteroatoms. The number of fused-ring (bicyclic) bond motifs is 1. The van der Waals surface area contributed by atoms with Crippen LogP contribution in [0, 0.1) is 0 Å². The zero-order valence-corrected chi connectivity index (χ0v) is 17.7. The standard InChI is InChI=1S/C19H29BrO2Si/c1-12(2)23(13(3)4,14(5)6)22-16-9-7-15-8-10-18(20)19(21)17(15)11-16/h7,9,11-14,18H,8,10H2,1-6H3. The van der Waals surface area contributed by atoms with Crippen molar-refractivity contribution in [3.8, 4) is 5.75 Å². The summed E-state index contributed by atoms with van der Waals surface area (Å²) >= 11 is 3.50. The molecule has 23 heavy (non-hydrogen) atoms. The maximum absolute atomic E-state index is 12.4. The van der Waals surface area contributed by atoms with Gasteiger partial charge in [0.15, 0.2) is 5.78 Å². The number of rotatable bonds is 5. The molecule has 0 saturated heterocycles. The van der Waals surface area contributed by atoms with E-state index in [1.807, 2.05) is 6.07 Å². The molecule has 0 aromatic heterocycles. The van der Waals surface area contributed by atoms with Gasteiger partial charge in [-0.2, -0.15) is 0 Å². The summed E-state index contributed by atoms with van der Waals surface area (Å²) in [5, 5.41) is 0. The molecule has 0 radical (unpaired) electrons. The Kier molecular flexibility index (Phi) is 5.78. The lowest BCUT2D eigenvalue weighted by Crippen LogP contribution is -2.50. The van der Waals surface area contributed by atoms with Crippen molar-refractivity contribution in [2.24, 2.45) is 0 Å². The molecule has 1 unspecified atom stereocenters. The van der Waals surface area contributed by atoms with Gasteiger partial charge in [-0.15, -0.1) is 0 Å². The highest BCUT2D eigenvalue weighted by Crippen LogP contribution is 2.43. The third-order valence-corrected chi connectivity index (χ3v) is 12.2. The van der Waals surface area contributed by atoms with E-state index in [-0.39, 0.29) is 10.6 Å². The summed E-state index contributed by atoms with van der Waals surface area (Å²) in [6, 6.07) is 6.14. The van der Waals surface area contributed by atoms with Crippen LogP contribution in [0.2, 0.25) is 16.6 Å². The Hall–Kier alpha value is -0.613. The zero-order chi connectivity index (χ0) is 17.4. The average Bonchev–Trinajstić information content (AvgIpc) is 2.47. The predicted octanol–water partition coefficient (Wildman–Crippen LogP) is 6.13. The van der Waals surface area contributed by atoms with Crippen LogP contribution >= 0.6 is 15.9 Å². The number of carbonyl (C=O) groups excluding carboxylic acids is 1. The van der Waals surface area contributed by atoms with Crippen LogP contribution in [0.25, 0.3) is 0 Å². The lowest BCUT2D eigenvalue weighted by molar-refractivity contribution is 0.0981. The fourth-order valence-corrected chi connectivity index (χ4v) is 9.92. The van der Waals surface area contributed by atoms with E-state index in [0.29, 0.717) is 16.6 Å². The van der Waals surface area contributed by atoms with E-state index in [9.17, 15) is 4.79 Å². The number of ketones is 1. The molecular formula is C19H29BrO2Si. The van der Waals surface area contributed by atoms with E-state index >= 15 is 0 Å². The van der Waals surface area contributed by atoms with Gasteiger partial charge < -0.3 is 4.43 Å². The monoisotopic (exact) mass is 396 g/mol. The zero-order valence-electron chi connectivity index (χ0n) is 15.2. The van der Waals surface area contributed by atoms with Gasteiger partial charge in [-0.25, -0.2) is 0 Å². The number of alkyl halides is 1. The van der Waals surface area contributed by atoms with Crippen molar-refractivity contribution in [3.63, 3.8) is 0 Å². The average molecular weight is 397 g/mol. The van der Waals surface area contributed by atoms with Gasteiger partial charge in [0, 0.05) is 5.56 Å². The first-order chi connectivity index (χ1) is 10.7. The number of hydrogen-bond donors (Lipinski definition) is 0. The molecule has 0 bridgehead atoms. The van der Waals surface area contributed by atoms with Crippen LogP contribution in [-0.2, 0) is 6.42 Å². The van der Waals surface area contributed by atoms with Gasteiger partial charge in [-0.1, -0.05) is 63.5 Å². The summed E-state index contributed by atoms with van der Waals surface area (Å²) in [4.78, 5) is 12.4. The topological polar surface area (TPSA) is 26.3 Å². The van der Waals surface area contributed by atoms with E-state index in [4.69, 9.17) is 4.43 Å². The molecule has 1 aliphatic rings. The Balaban J connectivity index is 2.41. The first-order valence-electron chi connectivity index (χ1n) is 8.70. The Morgan fingerprint density at radius 3 is 2.17 bits per heavy atom. The number of carbonyl (C=O) groups is 1. The Morgan fingerprint density at radius 2 is 1.65 bits per heavy atom. The van der Waals surface area contributed by atoms with Crippen molar-refractivity contribution in [1.29, 1.82) is 0 Å². The molecule has 1 aromatic rings. The van der Waals surface area contributed by atoms with Crippen molar-refractivity contribution < 1.29 is 9.22 Å². The summed E-state index contributed by atoms with van der Waals surface area (Å²) in [6.45, 7) is 13.7. The molecule has 128 valence electrons. The van der Waals surface area contributed by atoms with Gasteiger partial charge >= 0.3 is 0 Å². The van der Waals surface area contributed by atoms with Gasteiger partial charge in [0.25, 0.3) is 8.32 Å². The molecule has 2 nitrogen and oxygen atoms in total. The molecule has 0 heterocycles. The summed E-state index contributed by atoms with van der Waals surface area (Å²) in [5.41, 5.74) is 3.58. The Morgan fingerprint density at radius 1 is 1.09 bits per heavy atom. The normalized spacial score (nSPS) is 18.7. The second-order valence-corrected chi connectivity index (χ2v) is 14.1. The Bertz CT molecular complexity index is 559. The highest BCUT2D eigenvalue weighted by Gasteiger charge is 2.47. The van der Waals surface area contributed by atoms with Gasteiger partial charge in [-0.05, 0) is 47.2 Å². The van der Waals surface area contributed by atoms with E-state index < -0.39 is 8.32 Å². The highest BCUT2D eigenvalue weighted by atomic mass is 79.9. The van der Waals surface area contributed by atoms with E-state index in [2.05, 4.69) is 69.6 Å². The molecule has 0 N–H and O–H groups in total. The van der Waals surface area contributed by atoms with E-state index in [0.717, 1.165) is 29.7 Å². The van der Waals surface area contributed by atoms with Crippen LogP contribution in [-0.4, -0.2) is 18.9 Å². The number of halogens is 1. The molecule has 1 aromatic carbocycles. The molecule has 0 spiro atoms. The molecule has 0 aliphatic heterocycles. The SMILES string of the molecule is CC(C)[Si](Oc1ccc2c(c1)C(=O)C(Br)CC2)(C(C)C)C(C)C. The van der Waals surface area contributed by atoms with Crippen molar-refractivity contribution in [2.75, 3.05) is 0 Å². The third kappa shape index (κ3) is 3.43. The van der Waals surface area contributed by atoms with Crippen LogP contribution in [0.1, 0.15) is 63.9 Å². The molecule has 0 amide bonds. The molecule has 1 aliphatic carbocycles. The lowest BCUT2D eigenvalue weighted by atomic mass is 9.90. The molecule has 2 rings (SSSR count). The summed E-state index contributed by atoms with van der Waals surface area (Å²) in [5.74, 6) is 1.07. The fourth-order valence-electron chi connectivity index (χ4n) is 4.21. The smallest absolute Gasteiger partial charge is 0.258 e. The quantitative estimate of drug-likeness (QED) is 0.441. The van der Waals surface area contributed by atoms with E-state index in [1.165, 1.54) is 0 Å². The predicted molar refractivity (Wildman–Crippen MR) is 103 cm³/mol. The number of hydrogen-bond acceptors (Lipinski definition) is 2. The summed E-state index contributed by atoms with van der Waals surface area (Å²) < 4.78 is 6.71. The van der Waals surface area contributed by atoms with Crippen LogP contribution in [0.3, 0.4) is 0 Å². The third-order valence-electron chi connectivity index (χ3n) is 5.30. The number of Topliss-reactive ketones (excluding diaryl/α,β-unsaturated/α-hetero) is 1. The van der Waals surface area contributed by atoms with Crippen LogP contribution in [0.15, 0.2) is 18.2 Å². The van der Waals surface area contributed by atoms with Gasteiger partial charge in [0.1, 0.15) is 5.75 Å². The van der Waals surface area contributed by atoms with E-state index in [1.54, 1.807) is 0 Å². The minimum atomic E-state index is -1.98. The maximum Gasteiger partial charge on any atom is 0.258 e. The van der Waals surface area contributed by atoms with Crippen molar-refractivity contribution >= 4 is 30.0 Å². The number of benzene rings is 1. The maximum atomic E-state index is 12.4. The Labute approximate surface area is 150 Å². The number of aryl methyl sites for hydroxylation is 1. The summed E-state index contributed by atoms with van der Waals surface area (Å²) in [6.07, 6.45) is 1.84. The first-order valence-corrected chi connectivity index (χ1v) is 11.8. The van der Waals surface area contributed by atoms with Gasteiger partial charge in [0.05, 0.1) is 4.83 Å². The van der Waals surface area contributed by atoms with Gasteiger partial charge in [0.2, 0.25) is 0 Å². The molecular weight excluding hydrogens is 368 g/mol. The van der Waals surface area contributed by atoms with Crippen molar-refractivity contribution in [1.82, 2.24) is 0 Å². The highest BCUT2D eigenvalue weighted by molar-refractivity contribution is 9.10. The molecule has 0 saturated carbocycles. The van der Waals surface area contributed by atoms with Crippen molar-refractivity contribution in [3.05, 3.63) is 29.3 Å². The van der Waals surface area contributed by atoms with Crippen LogP contribution in [0.5, 0.6) is 5.75 Å². The minimum absolute atomic E-state index is 0.0486. The molecule has 1 atom stereocenters. The largest absolute Gasteiger partial charge is 0.543 e. The lowest BCUT2D eigenvalue weighted by Gasteiger charge is -2.42. The fraction of sp³-hybridized carbons (Fsp3) is 0.632. The second kappa shape index (κ2) is 7.10. The van der Waals surface area contributed by atoms with Crippen LogP contribution in [0.4, 0.5) is 0 Å².